The van der Waals surface area contributed by atoms with Crippen LogP contribution in [-0.4, -0.2) is 4.57 Å². The molecule has 8 aromatic rings. The van der Waals surface area contributed by atoms with E-state index in [1.54, 1.807) is 0 Å². The molecule has 0 bridgehead atoms. The number of para-hydroxylation sites is 1. The summed E-state index contributed by atoms with van der Waals surface area (Å²) >= 11 is 0. The lowest BCUT2D eigenvalue weighted by atomic mass is 9.82. The van der Waals surface area contributed by atoms with Crippen LogP contribution < -0.4 is 4.90 Å². The van der Waals surface area contributed by atoms with Gasteiger partial charge < -0.3 is 9.47 Å². The fraction of sp³-hybridized carbons (Fsp3) is 0.0638. The van der Waals surface area contributed by atoms with Gasteiger partial charge in [0, 0.05) is 39.7 Å². The molecule has 0 spiro atoms. The smallest absolute Gasteiger partial charge is 0.0528 e. The summed E-state index contributed by atoms with van der Waals surface area (Å²) in [6.45, 7) is 4.68. The lowest BCUT2D eigenvalue weighted by Crippen LogP contribution is -2.16. The van der Waals surface area contributed by atoms with Gasteiger partial charge in [-0.2, -0.15) is 0 Å². The molecule has 0 radical (unpaired) electrons. The molecular weight excluding hydrogens is 593 g/mol. The van der Waals surface area contributed by atoms with Gasteiger partial charge in [0.05, 0.1) is 5.52 Å². The fourth-order valence-electron chi connectivity index (χ4n) is 7.65. The van der Waals surface area contributed by atoms with E-state index in [0.717, 1.165) is 22.7 Å². The van der Waals surface area contributed by atoms with Crippen molar-refractivity contribution in [2.24, 2.45) is 0 Å². The van der Waals surface area contributed by atoms with Crippen LogP contribution in [0.3, 0.4) is 0 Å². The van der Waals surface area contributed by atoms with Crippen molar-refractivity contribution < 1.29 is 0 Å². The molecule has 49 heavy (non-hydrogen) atoms. The molecule has 2 heteroatoms. The Hall–Kier alpha value is -6.12. The van der Waals surface area contributed by atoms with Crippen molar-refractivity contribution in [3.05, 3.63) is 193 Å². The van der Waals surface area contributed by atoms with Crippen LogP contribution >= 0.6 is 0 Å². The van der Waals surface area contributed by atoms with Gasteiger partial charge in [-0.15, -0.1) is 0 Å². The highest BCUT2D eigenvalue weighted by atomic mass is 15.1. The average Bonchev–Trinajstić information content (AvgIpc) is 3.69. The van der Waals surface area contributed by atoms with Gasteiger partial charge in [-0.05, 0) is 111 Å². The Kier molecular flexibility index (Phi) is 6.84. The van der Waals surface area contributed by atoms with Crippen LogP contribution in [0.15, 0.2) is 182 Å². The number of hydrogen-bond donors (Lipinski definition) is 0. The Bertz CT molecular complexity index is 2430. The third kappa shape index (κ3) is 4.96. The van der Waals surface area contributed by atoms with E-state index in [-0.39, 0.29) is 5.41 Å². The maximum absolute atomic E-state index is 2.39. The van der Waals surface area contributed by atoms with Crippen molar-refractivity contribution >= 4 is 28.0 Å². The summed E-state index contributed by atoms with van der Waals surface area (Å²) in [4.78, 5) is 2.37. The predicted octanol–water partition coefficient (Wildman–Crippen LogP) is 12.7. The molecule has 0 N–H and O–H groups in total. The Balaban J connectivity index is 1.02. The van der Waals surface area contributed by atoms with E-state index in [2.05, 4.69) is 205 Å². The molecule has 7 aromatic carbocycles. The Labute approximate surface area is 288 Å². The maximum Gasteiger partial charge on any atom is 0.0528 e. The monoisotopic (exact) mass is 628 g/mol. The summed E-state index contributed by atoms with van der Waals surface area (Å²) in [5, 5.41) is 1.24. The highest BCUT2D eigenvalue weighted by molar-refractivity contribution is 5.88. The van der Waals surface area contributed by atoms with Crippen LogP contribution in [-0.2, 0) is 5.41 Å². The van der Waals surface area contributed by atoms with Crippen molar-refractivity contribution in [2.45, 2.75) is 19.3 Å². The van der Waals surface area contributed by atoms with E-state index >= 15 is 0 Å². The molecule has 234 valence electrons. The van der Waals surface area contributed by atoms with Gasteiger partial charge >= 0.3 is 0 Å². The van der Waals surface area contributed by atoms with Gasteiger partial charge in [-0.25, -0.2) is 0 Å². The summed E-state index contributed by atoms with van der Waals surface area (Å²) in [5.41, 5.74) is 16.0. The second-order valence-corrected chi connectivity index (χ2v) is 13.5. The SMILES string of the molecule is CC1(C)c2ccccc2-c2ccc(N(c3ccccc3)c3ccc(-c4ccc(-n5ccc6cc(-c7ccccc7)ccc65)cc4)cc3)cc21. The quantitative estimate of drug-likeness (QED) is 0.178. The maximum atomic E-state index is 2.39. The molecule has 1 aromatic heterocycles. The van der Waals surface area contributed by atoms with Gasteiger partial charge in [0.1, 0.15) is 0 Å². The van der Waals surface area contributed by atoms with E-state index in [1.807, 2.05) is 0 Å². The van der Waals surface area contributed by atoms with Crippen molar-refractivity contribution in [3.63, 3.8) is 0 Å². The average molecular weight is 629 g/mol. The number of nitrogens with zero attached hydrogens (tertiary/aromatic N) is 2. The first kappa shape index (κ1) is 29.1. The highest BCUT2D eigenvalue weighted by Crippen LogP contribution is 2.50. The second kappa shape index (κ2) is 11.5. The molecule has 0 atom stereocenters. The number of hydrogen-bond acceptors (Lipinski definition) is 1. The number of fused-ring (bicyclic) bond motifs is 4. The van der Waals surface area contributed by atoms with E-state index < -0.39 is 0 Å². The Morgan fingerprint density at radius 1 is 0.429 bits per heavy atom. The molecule has 1 aliphatic rings. The molecule has 1 aliphatic carbocycles. The standard InChI is InChI=1S/C47H36N2/c1-47(2)44-16-10-9-15-42(44)43-27-26-41(32-45(43)47)49(39-13-7-4-8-14-39)40-24-19-35(20-25-40)34-17-22-38(23-18-34)48-30-29-37-31-36(21-28-46(37)48)33-11-5-3-6-12-33/h3-32H,1-2H3. The van der Waals surface area contributed by atoms with E-state index in [9.17, 15) is 0 Å². The topological polar surface area (TPSA) is 8.17 Å². The van der Waals surface area contributed by atoms with Crippen molar-refractivity contribution in [3.8, 4) is 39.1 Å². The summed E-state index contributed by atoms with van der Waals surface area (Å²) in [6.07, 6.45) is 2.17. The minimum atomic E-state index is -0.0572. The second-order valence-electron chi connectivity index (χ2n) is 13.5. The van der Waals surface area contributed by atoms with Gasteiger partial charge in [-0.3, -0.25) is 0 Å². The van der Waals surface area contributed by atoms with E-state index in [4.69, 9.17) is 0 Å². The lowest BCUT2D eigenvalue weighted by Gasteiger charge is -2.28. The molecule has 2 nitrogen and oxygen atoms in total. The zero-order valence-electron chi connectivity index (χ0n) is 27.7. The fourth-order valence-corrected chi connectivity index (χ4v) is 7.65. The van der Waals surface area contributed by atoms with Crippen molar-refractivity contribution in [1.82, 2.24) is 4.57 Å². The summed E-state index contributed by atoms with van der Waals surface area (Å²) < 4.78 is 2.27. The molecule has 0 fully saturated rings. The molecule has 1 heterocycles. The summed E-state index contributed by atoms with van der Waals surface area (Å²) in [6, 6.07) is 63.8. The first-order valence-corrected chi connectivity index (χ1v) is 17.0. The molecule has 0 amide bonds. The van der Waals surface area contributed by atoms with Gasteiger partial charge in [0.25, 0.3) is 0 Å². The third-order valence-electron chi connectivity index (χ3n) is 10.2. The molecule has 0 saturated carbocycles. The Morgan fingerprint density at radius 3 is 1.76 bits per heavy atom. The van der Waals surface area contributed by atoms with E-state index in [1.165, 1.54) is 55.4 Å². The van der Waals surface area contributed by atoms with Crippen LogP contribution in [0.2, 0.25) is 0 Å². The van der Waals surface area contributed by atoms with Crippen LogP contribution in [0.1, 0.15) is 25.0 Å². The van der Waals surface area contributed by atoms with Crippen LogP contribution in [0.25, 0.3) is 50.0 Å². The normalized spacial score (nSPS) is 12.9. The van der Waals surface area contributed by atoms with Crippen molar-refractivity contribution in [1.29, 1.82) is 0 Å². The van der Waals surface area contributed by atoms with Crippen LogP contribution in [0.5, 0.6) is 0 Å². The molecule has 0 unspecified atom stereocenters. The zero-order chi connectivity index (χ0) is 33.0. The first-order valence-electron chi connectivity index (χ1n) is 17.0. The summed E-state index contributed by atoms with van der Waals surface area (Å²) in [7, 11) is 0. The number of benzene rings is 7. The van der Waals surface area contributed by atoms with Gasteiger partial charge in [0.15, 0.2) is 0 Å². The van der Waals surface area contributed by atoms with Crippen LogP contribution in [0.4, 0.5) is 17.1 Å². The largest absolute Gasteiger partial charge is 0.317 e. The molecule has 9 rings (SSSR count). The molecule has 0 aliphatic heterocycles. The molecule has 0 saturated heterocycles. The minimum absolute atomic E-state index is 0.0572. The third-order valence-corrected chi connectivity index (χ3v) is 10.2. The number of anilines is 3. The zero-order valence-corrected chi connectivity index (χ0v) is 27.7. The lowest BCUT2D eigenvalue weighted by molar-refractivity contribution is 0.660. The van der Waals surface area contributed by atoms with E-state index in [0.29, 0.717) is 0 Å². The van der Waals surface area contributed by atoms with Gasteiger partial charge in [-0.1, -0.05) is 123 Å². The van der Waals surface area contributed by atoms with Crippen LogP contribution in [0, 0.1) is 0 Å². The first-order chi connectivity index (χ1) is 24.0. The number of rotatable bonds is 6. The predicted molar refractivity (Wildman–Crippen MR) is 206 cm³/mol. The van der Waals surface area contributed by atoms with Crippen molar-refractivity contribution in [2.75, 3.05) is 4.90 Å². The Morgan fingerprint density at radius 2 is 1.00 bits per heavy atom. The minimum Gasteiger partial charge on any atom is -0.317 e. The van der Waals surface area contributed by atoms with Gasteiger partial charge in [0.2, 0.25) is 0 Å². The highest BCUT2D eigenvalue weighted by Gasteiger charge is 2.35. The molecular formula is C47H36N2. The summed E-state index contributed by atoms with van der Waals surface area (Å²) in [5.74, 6) is 0. The number of aromatic nitrogens is 1.